The van der Waals surface area contributed by atoms with Gasteiger partial charge in [-0.1, -0.05) is 38.1 Å². The number of halogens is 1. The Labute approximate surface area is 114 Å². The van der Waals surface area contributed by atoms with Crippen LogP contribution in [0, 0.1) is 5.82 Å². The van der Waals surface area contributed by atoms with E-state index in [9.17, 15) is 4.39 Å². The smallest absolute Gasteiger partial charge is 0.131 e. The summed E-state index contributed by atoms with van der Waals surface area (Å²) < 4.78 is 14.0. The maximum Gasteiger partial charge on any atom is 0.131 e. The molecule has 0 aliphatic rings. The van der Waals surface area contributed by atoms with Gasteiger partial charge in [0, 0.05) is 12.1 Å². The molecule has 0 bridgehead atoms. The van der Waals surface area contributed by atoms with Crippen LogP contribution in [0.15, 0.2) is 36.4 Å². The molecule has 0 saturated heterocycles. The summed E-state index contributed by atoms with van der Waals surface area (Å²) >= 11 is 0. The third-order valence-corrected chi connectivity index (χ3v) is 3.55. The zero-order valence-corrected chi connectivity index (χ0v) is 11.5. The molecule has 100 valence electrons. The van der Waals surface area contributed by atoms with Crippen molar-refractivity contribution in [1.29, 1.82) is 0 Å². The van der Waals surface area contributed by atoms with Crippen LogP contribution in [0.25, 0.3) is 11.1 Å². The number of hydrogen-bond acceptors (Lipinski definition) is 1. The first-order valence-electron chi connectivity index (χ1n) is 6.80. The van der Waals surface area contributed by atoms with E-state index in [0.717, 1.165) is 24.0 Å². The van der Waals surface area contributed by atoms with Crippen molar-refractivity contribution in [2.75, 3.05) is 0 Å². The predicted octanol–water partition coefficient (Wildman–Crippen LogP) is 4.08. The average Bonchev–Trinajstić information content (AvgIpc) is 2.47. The number of hydrogen-bond donors (Lipinski definition) is 1. The third kappa shape index (κ3) is 2.85. The van der Waals surface area contributed by atoms with Crippen molar-refractivity contribution in [3.63, 3.8) is 0 Å². The van der Waals surface area contributed by atoms with Crippen LogP contribution in [0.3, 0.4) is 0 Å². The van der Waals surface area contributed by atoms with E-state index >= 15 is 0 Å². The summed E-state index contributed by atoms with van der Waals surface area (Å²) in [6.07, 6.45) is 1.98. The van der Waals surface area contributed by atoms with Gasteiger partial charge >= 0.3 is 0 Å². The van der Waals surface area contributed by atoms with Crippen LogP contribution in [0.1, 0.15) is 30.5 Å². The fourth-order valence-electron chi connectivity index (χ4n) is 2.39. The van der Waals surface area contributed by atoms with Crippen LogP contribution in [0.5, 0.6) is 0 Å². The molecule has 0 aliphatic carbocycles. The molecule has 0 atom stereocenters. The Kier molecular flexibility index (Phi) is 4.33. The number of aryl methyl sites for hydroxylation is 2. The van der Waals surface area contributed by atoms with Crippen molar-refractivity contribution in [1.82, 2.24) is 0 Å². The fraction of sp³-hybridized carbons (Fsp3) is 0.294. The highest BCUT2D eigenvalue weighted by molar-refractivity contribution is 5.66. The Hall–Kier alpha value is -1.67. The van der Waals surface area contributed by atoms with Crippen molar-refractivity contribution < 1.29 is 4.39 Å². The summed E-state index contributed by atoms with van der Waals surface area (Å²) in [5.41, 5.74) is 10.8. The molecule has 19 heavy (non-hydrogen) atoms. The molecule has 0 saturated carbocycles. The van der Waals surface area contributed by atoms with Crippen molar-refractivity contribution in [3.8, 4) is 11.1 Å². The molecular formula is C17H20FN. The van der Waals surface area contributed by atoms with E-state index in [4.69, 9.17) is 5.73 Å². The lowest BCUT2D eigenvalue weighted by atomic mass is 9.95. The van der Waals surface area contributed by atoms with E-state index in [0.29, 0.717) is 12.1 Å². The van der Waals surface area contributed by atoms with Crippen LogP contribution >= 0.6 is 0 Å². The molecule has 0 aromatic heterocycles. The minimum absolute atomic E-state index is 0.191. The standard InChI is InChI=1S/C17H20FN/c1-3-13-6-7-15(10-14(13)4-2)16-9-12(11-19)5-8-17(16)18/h5-10H,3-4,11,19H2,1-2H3. The molecule has 0 spiro atoms. The maximum atomic E-state index is 14.0. The molecule has 0 unspecified atom stereocenters. The molecular weight excluding hydrogens is 237 g/mol. The molecule has 2 rings (SSSR count). The zero-order chi connectivity index (χ0) is 13.8. The van der Waals surface area contributed by atoms with Crippen LogP contribution < -0.4 is 5.73 Å². The minimum atomic E-state index is -0.191. The van der Waals surface area contributed by atoms with Gasteiger partial charge in [-0.2, -0.15) is 0 Å². The monoisotopic (exact) mass is 257 g/mol. The summed E-state index contributed by atoms with van der Waals surface area (Å²) in [7, 11) is 0. The molecule has 2 aromatic rings. The van der Waals surface area contributed by atoms with E-state index in [1.165, 1.54) is 17.2 Å². The summed E-state index contributed by atoms with van der Waals surface area (Å²) in [5, 5.41) is 0. The topological polar surface area (TPSA) is 26.0 Å². The van der Waals surface area contributed by atoms with Crippen LogP contribution in [0.4, 0.5) is 4.39 Å². The predicted molar refractivity (Wildman–Crippen MR) is 78.5 cm³/mol. The van der Waals surface area contributed by atoms with E-state index in [1.807, 2.05) is 12.1 Å². The first-order chi connectivity index (χ1) is 9.19. The lowest BCUT2D eigenvalue weighted by Crippen LogP contribution is -1.98. The number of benzene rings is 2. The van der Waals surface area contributed by atoms with Gasteiger partial charge in [-0.15, -0.1) is 0 Å². The SMILES string of the molecule is CCc1ccc(-c2cc(CN)ccc2F)cc1CC. The highest BCUT2D eigenvalue weighted by Crippen LogP contribution is 2.26. The van der Waals surface area contributed by atoms with Gasteiger partial charge in [0.15, 0.2) is 0 Å². The average molecular weight is 257 g/mol. The number of nitrogens with two attached hydrogens (primary N) is 1. The molecule has 0 aliphatic heterocycles. The second kappa shape index (κ2) is 5.98. The highest BCUT2D eigenvalue weighted by Gasteiger charge is 2.08. The van der Waals surface area contributed by atoms with Crippen molar-refractivity contribution >= 4 is 0 Å². The van der Waals surface area contributed by atoms with Crippen LogP contribution in [-0.4, -0.2) is 0 Å². The minimum Gasteiger partial charge on any atom is -0.326 e. The molecule has 2 N–H and O–H groups in total. The second-order valence-corrected chi connectivity index (χ2v) is 4.71. The van der Waals surface area contributed by atoms with Crippen molar-refractivity contribution in [2.24, 2.45) is 5.73 Å². The summed E-state index contributed by atoms with van der Waals surface area (Å²) in [4.78, 5) is 0. The molecule has 2 aromatic carbocycles. The molecule has 2 heteroatoms. The van der Waals surface area contributed by atoms with Gasteiger partial charge in [0.1, 0.15) is 5.82 Å². The van der Waals surface area contributed by atoms with Gasteiger partial charge < -0.3 is 5.73 Å². The van der Waals surface area contributed by atoms with E-state index in [2.05, 4.69) is 26.0 Å². The Morgan fingerprint density at radius 3 is 2.32 bits per heavy atom. The van der Waals surface area contributed by atoms with Gasteiger partial charge in [-0.05, 0) is 47.2 Å². The maximum absolute atomic E-state index is 14.0. The summed E-state index contributed by atoms with van der Waals surface area (Å²) in [6, 6.07) is 11.3. The van der Waals surface area contributed by atoms with Gasteiger partial charge in [0.2, 0.25) is 0 Å². The molecule has 0 radical (unpaired) electrons. The third-order valence-electron chi connectivity index (χ3n) is 3.55. The highest BCUT2D eigenvalue weighted by atomic mass is 19.1. The lowest BCUT2D eigenvalue weighted by Gasteiger charge is -2.11. The van der Waals surface area contributed by atoms with Gasteiger partial charge in [-0.3, -0.25) is 0 Å². The van der Waals surface area contributed by atoms with E-state index in [-0.39, 0.29) is 5.82 Å². The Balaban J connectivity index is 2.52. The normalized spacial score (nSPS) is 10.7. The fourth-order valence-corrected chi connectivity index (χ4v) is 2.39. The molecule has 0 heterocycles. The van der Waals surface area contributed by atoms with Crippen LogP contribution in [-0.2, 0) is 19.4 Å². The molecule has 1 nitrogen and oxygen atoms in total. The Morgan fingerprint density at radius 1 is 0.947 bits per heavy atom. The largest absolute Gasteiger partial charge is 0.326 e. The lowest BCUT2D eigenvalue weighted by molar-refractivity contribution is 0.630. The Bertz CT molecular complexity index is 575. The zero-order valence-electron chi connectivity index (χ0n) is 11.5. The van der Waals surface area contributed by atoms with Crippen molar-refractivity contribution in [2.45, 2.75) is 33.2 Å². The van der Waals surface area contributed by atoms with E-state index in [1.54, 1.807) is 6.07 Å². The second-order valence-electron chi connectivity index (χ2n) is 4.71. The quantitative estimate of drug-likeness (QED) is 0.877. The number of rotatable bonds is 4. The summed E-state index contributed by atoms with van der Waals surface area (Å²) in [5.74, 6) is -0.191. The van der Waals surface area contributed by atoms with Gasteiger partial charge in [0.05, 0.1) is 0 Å². The summed E-state index contributed by atoms with van der Waals surface area (Å²) in [6.45, 7) is 4.70. The first kappa shape index (κ1) is 13.8. The van der Waals surface area contributed by atoms with E-state index < -0.39 is 0 Å². The Morgan fingerprint density at radius 2 is 1.68 bits per heavy atom. The molecule has 0 amide bonds. The van der Waals surface area contributed by atoms with Crippen LogP contribution in [0.2, 0.25) is 0 Å². The van der Waals surface area contributed by atoms with Crippen molar-refractivity contribution in [3.05, 3.63) is 58.9 Å². The van der Waals surface area contributed by atoms with Gasteiger partial charge in [-0.25, -0.2) is 4.39 Å². The first-order valence-corrected chi connectivity index (χ1v) is 6.80. The van der Waals surface area contributed by atoms with Gasteiger partial charge in [0.25, 0.3) is 0 Å². The molecule has 0 fully saturated rings.